The van der Waals surface area contributed by atoms with Crippen molar-refractivity contribution >= 4 is 23.4 Å². The molecule has 2 fully saturated rings. The summed E-state index contributed by atoms with van der Waals surface area (Å²) in [5.41, 5.74) is 12.3. The lowest BCUT2D eigenvalue weighted by atomic mass is 10.1. The summed E-state index contributed by atoms with van der Waals surface area (Å²) in [6.07, 6.45) is 32.1. The first-order chi connectivity index (χ1) is 36.4. The summed E-state index contributed by atoms with van der Waals surface area (Å²) in [4.78, 5) is 37.2. The van der Waals surface area contributed by atoms with Crippen LogP contribution >= 0.6 is 11.8 Å². The SMILES string of the molecule is C.C.C.C.C.C.CC1=NCC2CCCN12.CC1=NCCC2CCCN12.CN1CCc2c(ncn2C)C1.Cc1cnc2n1CCC2.Cc1cnc2n1CCS2.Cc1ncc2n1CCC2.Cn1cnc2c1CCC2.Cn1ncc2c1CCC2. The minimum absolute atomic E-state index is 0. The fourth-order valence-corrected chi connectivity index (χ4v) is 13.2. The van der Waals surface area contributed by atoms with E-state index in [1.165, 1.54) is 208 Å². The number of aliphatic imine (C=N–C) groups is 2. The van der Waals surface area contributed by atoms with Gasteiger partial charge in [0, 0.05) is 157 Å². The average molecular weight is 1140 g/mol. The molecule has 6 aromatic heterocycles. The summed E-state index contributed by atoms with van der Waals surface area (Å²) in [5.74, 6) is 6.17. The highest BCUT2D eigenvalue weighted by Gasteiger charge is 2.29. The third-order valence-electron chi connectivity index (χ3n) is 16.6. The molecule has 14 heterocycles. The Morgan fingerprint density at radius 2 is 1.12 bits per heavy atom. The normalized spacial score (nSPS) is 19.0. The topological polar surface area (TPSA) is 141 Å². The molecule has 2 aliphatic carbocycles. The van der Waals surface area contributed by atoms with Gasteiger partial charge >= 0.3 is 0 Å². The van der Waals surface area contributed by atoms with E-state index in [9.17, 15) is 0 Å². The predicted octanol–water partition coefficient (Wildman–Crippen LogP) is 11.8. The molecule has 6 aromatic rings. The number of hydrogen-bond donors (Lipinski definition) is 0. The van der Waals surface area contributed by atoms with Gasteiger partial charge in [-0.2, -0.15) is 5.10 Å². The van der Waals surface area contributed by atoms with Crippen LogP contribution in [0.15, 0.2) is 52.6 Å². The van der Waals surface area contributed by atoms with Crippen LogP contribution in [0.25, 0.3) is 0 Å². The molecule has 0 amide bonds. The van der Waals surface area contributed by atoms with E-state index in [4.69, 9.17) is 0 Å². The Morgan fingerprint density at radius 3 is 1.80 bits per heavy atom. The van der Waals surface area contributed by atoms with E-state index in [1.807, 2.05) is 60.9 Å². The van der Waals surface area contributed by atoms with E-state index in [2.05, 4.69) is 133 Å². The third-order valence-corrected chi connectivity index (χ3v) is 17.6. The van der Waals surface area contributed by atoms with Crippen LogP contribution in [0.5, 0.6) is 0 Å². The van der Waals surface area contributed by atoms with E-state index in [0.717, 1.165) is 51.2 Å². The number of aromatic nitrogens is 12. The minimum atomic E-state index is 0. The molecule has 0 saturated carbocycles. The van der Waals surface area contributed by atoms with Crippen LogP contribution in [-0.2, 0) is 92.3 Å². The molecular formula is C63H111N17S. The third kappa shape index (κ3) is 17.3. The molecular weight excluding hydrogens is 1030 g/mol. The van der Waals surface area contributed by atoms with Gasteiger partial charge in [0.15, 0.2) is 5.16 Å². The standard InChI is InChI=1S/C8H13N3.C8H14N2.2C7H10N2.C7H12N2.2C7H10N2.C6H8N2S.6CH4/c1-10-4-3-8-7(5-10)9-6-11(8)2;1-7-9-5-4-8-3-2-6-10(7)8;1-9-5-8-6-3-2-4-7(6)9;1-9-7-4-2-3-6(7)5-8-9;2*1-6-8-5-7-3-2-4-9(6)7;1-6-5-8-7-3-2-4-9(6)7;1-5-4-7-6-8(5)2-3-9-6;;;;;;/h6H,3-5H2,1-2H3;8H,2-6H2,1H3;2*5H,2-4H2,1H3;7H,2-5H2,1H3;2*5H,2-4H2,1H3;4H,2-3H2,1H3;6*1H4. The van der Waals surface area contributed by atoms with Gasteiger partial charge in [0.1, 0.15) is 11.6 Å². The van der Waals surface area contributed by atoms with Crippen molar-refractivity contribution in [3.8, 4) is 0 Å². The maximum atomic E-state index is 4.42. The first-order valence-corrected chi connectivity index (χ1v) is 29.3. The van der Waals surface area contributed by atoms with Gasteiger partial charge in [-0.15, -0.1) is 0 Å². The minimum Gasteiger partial charge on any atom is -0.358 e. The zero-order valence-corrected chi connectivity index (χ0v) is 47.8. The van der Waals surface area contributed by atoms with Crippen LogP contribution in [0.2, 0.25) is 0 Å². The predicted molar refractivity (Wildman–Crippen MR) is 342 cm³/mol. The summed E-state index contributed by atoms with van der Waals surface area (Å²) in [5, 5.41) is 5.34. The van der Waals surface area contributed by atoms with Crippen LogP contribution in [0.1, 0.15) is 179 Å². The number of thioether (sulfide) groups is 1. The van der Waals surface area contributed by atoms with Gasteiger partial charge in [-0.1, -0.05) is 56.3 Å². The Hall–Kier alpha value is -5.49. The molecule has 0 N–H and O–H groups in total. The lowest BCUT2D eigenvalue weighted by Crippen LogP contribution is -2.37. The number of rotatable bonds is 0. The second-order valence-corrected chi connectivity index (χ2v) is 22.9. The molecule has 17 nitrogen and oxygen atoms in total. The summed E-state index contributed by atoms with van der Waals surface area (Å²) >= 11 is 1.84. The lowest BCUT2D eigenvalue weighted by Gasteiger charge is -2.29. The fourth-order valence-electron chi connectivity index (χ4n) is 12.2. The largest absolute Gasteiger partial charge is 0.358 e. The first-order valence-electron chi connectivity index (χ1n) is 28.3. The van der Waals surface area contributed by atoms with Crippen molar-refractivity contribution in [1.29, 1.82) is 0 Å². The number of likely N-dealkylation sites (N-methyl/N-ethyl adjacent to an activating group) is 1. The molecule has 2 saturated heterocycles. The van der Waals surface area contributed by atoms with Crippen LogP contribution in [0.3, 0.4) is 0 Å². The quantitative estimate of drug-likeness (QED) is 0.144. The number of imidazole rings is 5. The van der Waals surface area contributed by atoms with Crippen molar-refractivity contribution in [2.45, 2.75) is 225 Å². The first kappa shape index (κ1) is 69.8. The molecule has 2 atom stereocenters. The molecule has 0 spiro atoms. The maximum Gasteiger partial charge on any atom is 0.168 e. The Balaban J connectivity index is 0.000000241. The van der Waals surface area contributed by atoms with Crippen molar-refractivity contribution in [2.24, 2.45) is 31.1 Å². The van der Waals surface area contributed by atoms with E-state index in [-0.39, 0.29) is 44.6 Å². The van der Waals surface area contributed by atoms with Gasteiger partial charge in [0.05, 0.1) is 48.5 Å². The summed E-state index contributed by atoms with van der Waals surface area (Å²) in [6.45, 7) is 20.8. The summed E-state index contributed by atoms with van der Waals surface area (Å²) in [7, 11) is 8.29. The molecule has 2 unspecified atom stereocenters. The molecule has 10 aliphatic rings. The summed E-state index contributed by atoms with van der Waals surface area (Å²) in [6, 6.07) is 1.63. The zero-order chi connectivity index (χ0) is 52.4. The van der Waals surface area contributed by atoms with Crippen LogP contribution in [0, 0.1) is 20.8 Å². The molecule has 0 bridgehead atoms. The Bertz CT molecular complexity index is 2560. The molecule has 454 valence electrons. The molecule has 16 rings (SSSR count). The number of amidine groups is 2. The van der Waals surface area contributed by atoms with Crippen LogP contribution < -0.4 is 0 Å². The van der Waals surface area contributed by atoms with Gasteiger partial charge in [-0.25, -0.2) is 24.9 Å². The van der Waals surface area contributed by atoms with Crippen molar-refractivity contribution in [3.63, 3.8) is 0 Å². The van der Waals surface area contributed by atoms with Gasteiger partial charge in [-0.3, -0.25) is 14.7 Å². The average Bonchev–Trinajstić information content (AvgIpc) is 4.24. The van der Waals surface area contributed by atoms with E-state index in [0.29, 0.717) is 0 Å². The van der Waals surface area contributed by atoms with Gasteiger partial charge in [-0.05, 0) is 137 Å². The van der Waals surface area contributed by atoms with E-state index < -0.39 is 0 Å². The van der Waals surface area contributed by atoms with Gasteiger partial charge < -0.3 is 37.5 Å². The second-order valence-electron chi connectivity index (χ2n) is 21.8. The van der Waals surface area contributed by atoms with E-state index >= 15 is 0 Å². The van der Waals surface area contributed by atoms with Crippen molar-refractivity contribution < 1.29 is 0 Å². The van der Waals surface area contributed by atoms with Crippen LogP contribution in [0.4, 0.5) is 0 Å². The molecule has 8 aliphatic heterocycles. The highest BCUT2D eigenvalue weighted by Crippen LogP contribution is 2.26. The highest BCUT2D eigenvalue weighted by atomic mass is 32.2. The molecule has 0 radical (unpaired) electrons. The van der Waals surface area contributed by atoms with E-state index in [1.54, 1.807) is 0 Å². The maximum absolute atomic E-state index is 4.42. The number of nitrogens with zero attached hydrogens (tertiary/aromatic N) is 17. The van der Waals surface area contributed by atoms with Crippen molar-refractivity contribution in [3.05, 3.63) is 100 Å². The monoisotopic (exact) mass is 1140 g/mol. The fraction of sp³-hybridized carbons (Fsp3) is 0.683. The Morgan fingerprint density at radius 1 is 0.494 bits per heavy atom. The lowest BCUT2D eigenvalue weighted by molar-refractivity contribution is 0.305. The Kier molecular flexibility index (Phi) is 28.4. The smallest absolute Gasteiger partial charge is 0.168 e. The van der Waals surface area contributed by atoms with Crippen LogP contribution in [-0.4, -0.2) is 142 Å². The molecule has 0 aromatic carbocycles. The summed E-state index contributed by atoms with van der Waals surface area (Å²) < 4.78 is 13.1. The zero-order valence-electron chi connectivity index (χ0n) is 47.0. The Labute approximate surface area is 495 Å². The number of hydrogen-bond acceptors (Lipinski definition) is 12. The molecule has 18 heteroatoms. The van der Waals surface area contributed by atoms with Crippen molar-refractivity contribution in [2.75, 3.05) is 45.5 Å². The number of fused-ring (bicyclic) bond motifs is 8. The highest BCUT2D eigenvalue weighted by molar-refractivity contribution is 7.99. The van der Waals surface area contributed by atoms with Gasteiger partial charge in [0.25, 0.3) is 0 Å². The van der Waals surface area contributed by atoms with Gasteiger partial charge in [0.2, 0.25) is 0 Å². The van der Waals surface area contributed by atoms with Crippen molar-refractivity contribution in [1.82, 2.24) is 72.2 Å². The second kappa shape index (κ2) is 33.0. The number of aryl methyl sites for hydroxylation is 10. The molecule has 81 heavy (non-hydrogen) atoms.